The van der Waals surface area contributed by atoms with Gasteiger partial charge in [0.1, 0.15) is 5.78 Å². The van der Waals surface area contributed by atoms with E-state index in [-0.39, 0.29) is 17.4 Å². The molecule has 0 spiro atoms. The number of nitrogens with zero attached hydrogens (tertiary/aromatic N) is 1. The van der Waals surface area contributed by atoms with Crippen LogP contribution in [0, 0.1) is 11.3 Å². The molecule has 0 aromatic heterocycles. The van der Waals surface area contributed by atoms with Gasteiger partial charge in [-0.05, 0) is 29.5 Å². The number of hydrogen-bond donors (Lipinski definition) is 1. The van der Waals surface area contributed by atoms with E-state index in [1.165, 1.54) is 0 Å². The van der Waals surface area contributed by atoms with E-state index in [0.717, 1.165) is 17.7 Å². The minimum Gasteiger partial charge on any atom is -0.493 e. The molecule has 5 heteroatoms. The fourth-order valence-corrected chi connectivity index (χ4v) is 3.71. The summed E-state index contributed by atoms with van der Waals surface area (Å²) in [6.45, 7) is 4.30. The van der Waals surface area contributed by atoms with Crippen molar-refractivity contribution in [1.82, 2.24) is 5.43 Å². The summed E-state index contributed by atoms with van der Waals surface area (Å²) in [5, 5.41) is 4.46. The zero-order valence-corrected chi connectivity index (χ0v) is 14.2. The van der Waals surface area contributed by atoms with E-state index >= 15 is 0 Å². The van der Waals surface area contributed by atoms with Crippen LogP contribution in [0.1, 0.15) is 32.3 Å². The molecule has 124 valence electrons. The number of nitrogens with one attached hydrogen (secondary N) is 1. The van der Waals surface area contributed by atoms with Crippen LogP contribution in [0.15, 0.2) is 23.3 Å². The number of hydrogen-bond acceptors (Lipinski definition) is 5. The number of carbonyl (C=O) groups excluding carboxylic acids is 1. The molecule has 1 saturated carbocycles. The summed E-state index contributed by atoms with van der Waals surface area (Å²) >= 11 is 0. The smallest absolute Gasteiger partial charge is 0.160 e. The normalized spacial score (nSPS) is 25.4. The van der Waals surface area contributed by atoms with Crippen molar-refractivity contribution in [1.29, 1.82) is 0 Å². The van der Waals surface area contributed by atoms with Gasteiger partial charge in [0.25, 0.3) is 0 Å². The van der Waals surface area contributed by atoms with Gasteiger partial charge in [-0.3, -0.25) is 4.79 Å². The molecule has 23 heavy (non-hydrogen) atoms. The topological polar surface area (TPSA) is 59.9 Å². The molecule has 0 radical (unpaired) electrons. The molecule has 2 atom stereocenters. The average molecular weight is 316 g/mol. The highest BCUT2D eigenvalue weighted by Gasteiger charge is 2.45. The van der Waals surface area contributed by atoms with E-state index in [2.05, 4.69) is 24.4 Å². The Morgan fingerprint density at radius 2 is 2.00 bits per heavy atom. The summed E-state index contributed by atoms with van der Waals surface area (Å²) in [7, 11) is 3.24. The van der Waals surface area contributed by atoms with Gasteiger partial charge in [0, 0.05) is 12.8 Å². The second kappa shape index (κ2) is 5.87. The molecule has 1 N–H and O–H groups in total. The van der Waals surface area contributed by atoms with Crippen molar-refractivity contribution < 1.29 is 14.3 Å². The van der Waals surface area contributed by atoms with Gasteiger partial charge in [-0.2, -0.15) is 5.10 Å². The number of carbonyl (C=O) groups is 1. The molecule has 0 bridgehead atoms. The van der Waals surface area contributed by atoms with Crippen molar-refractivity contribution >= 4 is 11.5 Å². The van der Waals surface area contributed by atoms with E-state index < -0.39 is 0 Å². The van der Waals surface area contributed by atoms with Gasteiger partial charge in [-0.25, -0.2) is 0 Å². The Hall–Kier alpha value is -2.04. The van der Waals surface area contributed by atoms with Crippen molar-refractivity contribution in [3.8, 4) is 11.5 Å². The maximum Gasteiger partial charge on any atom is 0.160 e. The molecule has 1 fully saturated rings. The Labute approximate surface area is 137 Å². The van der Waals surface area contributed by atoms with Gasteiger partial charge in [-0.1, -0.05) is 19.9 Å². The van der Waals surface area contributed by atoms with Crippen molar-refractivity contribution in [2.45, 2.75) is 39.2 Å². The summed E-state index contributed by atoms with van der Waals surface area (Å²) in [6, 6.07) is 5.97. The van der Waals surface area contributed by atoms with E-state index in [0.29, 0.717) is 30.1 Å². The molecule has 3 rings (SSSR count). The van der Waals surface area contributed by atoms with E-state index in [1.807, 2.05) is 18.2 Å². The summed E-state index contributed by atoms with van der Waals surface area (Å²) in [6.07, 6.45) is 2.25. The number of methoxy groups -OCH3 is 2. The van der Waals surface area contributed by atoms with Crippen LogP contribution in [0.2, 0.25) is 0 Å². The quantitative estimate of drug-likeness (QED) is 0.927. The maximum absolute atomic E-state index is 12.6. The first-order chi connectivity index (χ1) is 10.9. The first kappa shape index (κ1) is 15.8. The second-order valence-electron chi connectivity index (χ2n) is 7.19. The van der Waals surface area contributed by atoms with Crippen LogP contribution in [0.3, 0.4) is 0 Å². The molecule has 1 aliphatic carbocycles. The highest BCUT2D eigenvalue weighted by atomic mass is 16.5. The van der Waals surface area contributed by atoms with Gasteiger partial charge in [0.2, 0.25) is 0 Å². The van der Waals surface area contributed by atoms with E-state index in [4.69, 9.17) is 9.47 Å². The lowest BCUT2D eigenvalue weighted by molar-refractivity contribution is -0.126. The fraction of sp³-hybridized carbons (Fsp3) is 0.556. The lowest BCUT2D eigenvalue weighted by Crippen LogP contribution is -2.45. The Kier molecular flexibility index (Phi) is 4.04. The van der Waals surface area contributed by atoms with E-state index in [9.17, 15) is 4.79 Å². The summed E-state index contributed by atoms with van der Waals surface area (Å²) in [5.41, 5.74) is 5.24. The van der Waals surface area contributed by atoms with Crippen molar-refractivity contribution in [3.63, 3.8) is 0 Å². The first-order valence-electron chi connectivity index (χ1n) is 7.99. The van der Waals surface area contributed by atoms with Crippen molar-refractivity contribution in [2.24, 2.45) is 16.4 Å². The third kappa shape index (κ3) is 3.05. The number of rotatable bonds is 4. The van der Waals surface area contributed by atoms with Crippen LogP contribution >= 0.6 is 0 Å². The summed E-state index contributed by atoms with van der Waals surface area (Å²) in [5.74, 6) is 1.62. The predicted octanol–water partition coefficient (Wildman–Crippen LogP) is 2.58. The minimum atomic E-state index is -0.0869. The third-order valence-electron chi connectivity index (χ3n) is 4.74. The standard InChI is InChI=1S/C18H24N2O3/c1-18(2)9-13-17(14(21)10-18)12(19-20-13)7-11-5-6-15(22-3)16(8-11)23-4/h5-6,8,13,17,20H,7,9-10H2,1-4H3/t13-,17+/m0/s1. The van der Waals surface area contributed by atoms with Crippen molar-refractivity contribution in [3.05, 3.63) is 23.8 Å². The first-order valence-corrected chi connectivity index (χ1v) is 7.99. The van der Waals surface area contributed by atoms with Crippen LogP contribution in [0.4, 0.5) is 0 Å². The van der Waals surface area contributed by atoms with Gasteiger partial charge in [-0.15, -0.1) is 0 Å². The number of ether oxygens (including phenoxy) is 2. The molecular weight excluding hydrogens is 292 g/mol. The van der Waals surface area contributed by atoms with Crippen LogP contribution in [0.25, 0.3) is 0 Å². The molecule has 5 nitrogen and oxygen atoms in total. The molecule has 0 saturated heterocycles. The molecule has 1 aromatic rings. The summed E-state index contributed by atoms with van der Waals surface area (Å²) < 4.78 is 10.6. The van der Waals surface area contributed by atoms with Crippen LogP contribution in [0.5, 0.6) is 11.5 Å². The molecule has 1 heterocycles. The van der Waals surface area contributed by atoms with Crippen molar-refractivity contribution in [2.75, 3.05) is 14.2 Å². The van der Waals surface area contributed by atoms with Gasteiger partial charge in [0.15, 0.2) is 11.5 Å². The lowest BCUT2D eigenvalue weighted by atomic mass is 9.68. The molecule has 2 aliphatic rings. The van der Waals surface area contributed by atoms with Gasteiger partial charge >= 0.3 is 0 Å². The number of fused-ring (bicyclic) bond motifs is 1. The Morgan fingerprint density at radius 1 is 1.26 bits per heavy atom. The SMILES string of the molecule is COc1ccc(CC2=NN[C@H]3CC(C)(C)CC(=O)[C@H]23)cc1OC. The Balaban J connectivity index is 1.78. The third-order valence-corrected chi connectivity index (χ3v) is 4.74. The molecule has 1 aromatic carbocycles. The molecule has 1 aliphatic heterocycles. The van der Waals surface area contributed by atoms with Crippen LogP contribution < -0.4 is 14.9 Å². The van der Waals surface area contributed by atoms with Gasteiger partial charge < -0.3 is 14.9 Å². The zero-order chi connectivity index (χ0) is 16.6. The Morgan fingerprint density at radius 3 is 2.70 bits per heavy atom. The minimum absolute atomic E-state index is 0.0551. The highest BCUT2D eigenvalue weighted by molar-refractivity contribution is 6.08. The maximum atomic E-state index is 12.6. The predicted molar refractivity (Wildman–Crippen MR) is 89.1 cm³/mol. The average Bonchev–Trinajstić information content (AvgIpc) is 2.88. The Bertz CT molecular complexity index is 652. The summed E-state index contributed by atoms with van der Waals surface area (Å²) in [4.78, 5) is 12.6. The lowest BCUT2D eigenvalue weighted by Gasteiger charge is -2.36. The number of Topliss-reactive ketones (excluding diaryl/α,β-unsaturated/α-hetero) is 1. The highest BCUT2D eigenvalue weighted by Crippen LogP contribution is 2.39. The molecule has 0 unspecified atom stereocenters. The number of ketones is 1. The molecular formula is C18H24N2O3. The number of benzene rings is 1. The van der Waals surface area contributed by atoms with E-state index in [1.54, 1.807) is 14.2 Å². The van der Waals surface area contributed by atoms with Crippen LogP contribution in [-0.2, 0) is 11.2 Å². The fourth-order valence-electron chi connectivity index (χ4n) is 3.71. The number of hydrazone groups is 1. The monoisotopic (exact) mass is 316 g/mol. The molecule has 0 amide bonds. The largest absolute Gasteiger partial charge is 0.493 e. The van der Waals surface area contributed by atoms with Crippen LogP contribution in [-0.4, -0.2) is 31.8 Å². The zero-order valence-electron chi connectivity index (χ0n) is 14.2. The van der Waals surface area contributed by atoms with Gasteiger partial charge in [0.05, 0.1) is 31.9 Å². The second-order valence-corrected chi connectivity index (χ2v) is 7.19.